The first kappa shape index (κ1) is 9.71. The van der Waals surface area contributed by atoms with E-state index < -0.39 is 0 Å². The summed E-state index contributed by atoms with van der Waals surface area (Å²) in [6.45, 7) is 0. The third kappa shape index (κ3) is 1.48. The Labute approximate surface area is 88.4 Å². The van der Waals surface area contributed by atoms with E-state index in [9.17, 15) is 4.79 Å². The maximum absolute atomic E-state index is 11.4. The predicted molar refractivity (Wildman–Crippen MR) is 60.2 cm³/mol. The van der Waals surface area contributed by atoms with E-state index in [1.54, 1.807) is 19.0 Å². The number of carbonyl (C=O) groups is 1. The van der Waals surface area contributed by atoms with Gasteiger partial charge in [0.2, 0.25) is 5.91 Å². The van der Waals surface area contributed by atoms with E-state index in [0.29, 0.717) is 12.3 Å². The number of carbonyl (C=O) groups excluding carboxylic acids is 1. The highest BCUT2D eigenvalue weighted by Gasteiger charge is 2.23. The van der Waals surface area contributed by atoms with Gasteiger partial charge in [0, 0.05) is 25.3 Å². The number of benzene rings is 1. The molecule has 0 aliphatic carbocycles. The maximum atomic E-state index is 11.4. The zero-order valence-corrected chi connectivity index (χ0v) is 8.82. The monoisotopic (exact) mass is 203 g/mol. The van der Waals surface area contributed by atoms with Crippen molar-refractivity contribution in [3.63, 3.8) is 0 Å². The van der Waals surface area contributed by atoms with Crippen LogP contribution in [0.15, 0.2) is 23.2 Å². The number of fused-ring (bicyclic) bond motifs is 1. The molecule has 0 unspecified atom stereocenters. The van der Waals surface area contributed by atoms with Crippen LogP contribution >= 0.6 is 0 Å². The van der Waals surface area contributed by atoms with Crippen LogP contribution in [0.4, 0.5) is 5.69 Å². The van der Waals surface area contributed by atoms with Crippen molar-refractivity contribution in [3.8, 4) is 0 Å². The van der Waals surface area contributed by atoms with Crippen molar-refractivity contribution in [2.75, 3.05) is 19.0 Å². The molecule has 78 valence electrons. The first-order valence-corrected chi connectivity index (χ1v) is 4.75. The second kappa shape index (κ2) is 3.38. The number of amides is 1. The number of aliphatic imine (C=N–C) groups is 1. The minimum absolute atomic E-state index is 0.120. The summed E-state index contributed by atoms with van der Waals surface area (Å²) in [5, 5.41) is 0. The summed E-state index contributed by atoms with van der Waals surface area (Å²) in [6, 6.07) is 5.73. The summed E-state index contributed by atoms with van der Waals surface area (Å²) in [5.74, 6) is 0.619. The van der Waals surface area contributed by atoms with Gasteiger partial charge in [0.05, 0.1) is 6.42 Å². The fourth-order valence-electron chi connectivity index (χ4n) is 1.76. The van der Waals surface area contributed by atoms with E-state index in [4.69, 9.17) is 5.73 Å². The summed E-state index contributed by atoms with van der Waals surface area (Å²) in [5.41, 5.74) is 8.57. The number of likely N-dealkylation sites (N-methyl/N-ethyl adjacent to an activating group) is 1. The molecular formula is C11H13N3O. The van der Waals surface area contributed by atoms with E-state index in [0.717, 1.165) is 16.8 Å². The van der Waals surface area contributed by atoms with Gasteiger partial charge in [0.1, 0.15) is 5.84 Å². The van der Waals surface area contributed by atoms with Gasteiger partial charge in [-0.25, -0.2) is 0 Å². The summed E-state index contributed by atoms with van der Waals surface area (Å²) in [6.07, 6.45) is 0.455. The molecule has 2 N–H and O–H groups in total. The molecule has 0 atom stereocenters. The molecule has 0 spiro atoms. The zero-order chi connectivity index (χ0) is 11.0. The topological polar surface area (TPSA) is 58.7 Å². The van der Waals surface area contributed by atoms with E-state index in [1.807, 2.05) is 18.2 Å². The maximum Gasteiger partial charge on any atom is 0.231 e. The summed E-state index contributed by atoms with van der Waals surface area (Å²) in [4.78, 5) is 17.0. The molecule has 0 saturated carbocycles. The highest BCUT2D eigenvalue weighted by Crippen LogP contribution is 2.28. The lowest BCUT2D eigenvalue weighted by Gasteiger charge is -2.10. The van der Waals surface area contributed by atoms with Gasteiger partial charge >= 0.3 is 0 Å². The number of amidine groups is 1. The van der Waals surface area contributed by atoms with Gasteiger partial charge in [-0.3, -0.25) is 9.79 Å². The van der Waals surface area contributed by atoms with Crippen LogP contribution < -0.4 is 10.6 Å². The second-order valence-corrected chi connectivity index (χ2v) is 3.58. The number of rotatable bonds is 1. The lowest BCUT2D eigenvalue weighted by atomic mass is 10.1. The molecule has 0 bridgehead atoms. The molecular weight excluding hydrogens is 190 g/mol. The molecule has 1 aliphatic heterocycles. The smallest absolute Gasteiger partial charge is 0.231 e. The Morgan fingerprint density at radius 2 is 2.27 bits per heavy atom. The van der Waals surface area contributed by atoms with Crippen LogP contribution in [0.2, 0.25) is 0 Å². The molecule has 4 heteroatoms. The van der Waals surface area contributed by atoms with Gasteiger partial charge in [-0.1, -0.05) is 0 Å². The average Bonchev–Trinajstić information content (AvgIpc) is 2.53. The molecule has 1 aliphatic rings. The SMILES string of the molecule is CN=C(N)c1ccc2c(c1)CC(=O)N2C. The van der Waals surface area contributed by atoms with Gasteiger partial charge in [0.15, 0.2) is 0 Å². The zero-order valence-electron chi connectivity index (χ0n) is 8.82. The number of anilines is 1. The van der Waals surface area contributed by atoms with E-state index in [-0.39, 0.29) is 5.91 Å². The summed E-state index contributed by atoms with van der Waals surface area (Å²) in [7, 11) is 3.44. The summed E-state index contributed by atoms with van der Waals surface area (Å²) >= 11 is 0. The van der Waals surface area contributed by atoms with Crippen molar-refractivity contribution >= 4 is 17.4 Å². The van der Waals surface area contributed by atoms with E-state index >= 15 is 0 Å². The van der Waals surface area contributed by atoms with Gasteiger partial charge in [-0.05, 0) is 23.8 Å². The van der Waals surface area contributed by atoms with Crippen LogP contribution in [0.3, 0.4) is 0 Å². The van der Waals surface area contributed by atoms with Crippen LogP contribution in [0.25, 0.3) is 0 Å². The van der Waals surface area contributed by atoms with Crippen molar-refractivity contribution in [1.29, 1.82) is 0 Å². The number of hydrogen-bond donors (Lipinski definition) is 1. The minimum atomic E-state index is 0.120. The lowest BCUT2D eigenvalue weighted by molar-refractivity contribution is -0.117. The fourth-order valence-corrected chi connectivity index (χ4v) is 1.76. The molecule has 1 amide bonds. The molecule has 1 aromatic carbocycles. The highest BCUT2D eigenvalue weighted by molar-refractivity contribution is 6.03. The lowest BCUT2D eigenvalue weighted by Crippen LogP contribution is -2.20. The van der Waals surface area contributed by atoms with Crippen LogP contribution in [0.1, 0.15) is 11.1 Å². The Bertz CT molecular complexity index is 451. The van der Waals surface area contributed by atoms with Gasteiger partial charge in [-0.15, -0.1) is 0 Å². The Hall–Kier alpha value is -1.84. The first-order valence-electron chi connectivity index (χ1n) is 4.75. The minimum Gasteiger partial charge on any atom is -0.384 e. The Kier molecular flexibility index (Phi) is 2.19. The summed E-state index contributed by atoms with van der Waals surface area (Å²) < 4.78 is 0. The third-order valence-electron chi connectivity index (χ3n) is 2.69. The molecule has 4 nitrogen and oxygen atoms in total. The molecule has 2 rings (SSSR count). The largest absolute Gasteiger partial charge is 0.384 e. The number of hydrogen-bond acceptors (Lipinski definition) is 2. The number of nitrogens with two attached hydrogens (primary N) is 1. The Balaban J connectivity index is 2.46. The molecule has 15 heavy (non-hydrogen) atoms. The Morgan fingerprint density at radius 3 is 2.93 bits per heavy atom. The number of nitrogens with zero attached hydrogens (tertiary/aromatic N) is 2. The third-order valence-corrected chi connectivity index (χ3v) is 2.69. The molecule has 0 fully saturated rings. The van der Waals surface area contributed by atoms with Crippen molar-refractivity contribution in [3.05, 3.63) is 29.3 Å². The van der Waals surface area contributed by atoms with E-state index in [2.05, 4.69) is 4.99 Å². The van der Waals surface area contributed by atoms with Crippen molar-refractivity contribution in [1.82, 2.24) is 0 Å². The molecule has 0 radical (unpaired) electrons. The quantitative estimate of drug-likeness (QED) is 0.535. The van der Waals surface area contributed by atoms with Crippen molar-refractivity contribution in [2.24, 2.45) is 10.7 Å². The van der Waals surface area contributed by atoms with Crippen LogP contribution in [-0.4, -0.2) is 25.8 Å². The van der Waals surface area contributed by atoms with E-state index in [1.165, 1.54) is 0 Å². The molecule has 0 saturated heterocycles. The molecule has 0 aromatic heterocycles. The second-order valence-electron chi connectivity index (χ2n) is 3.58. The van der Waals surface area contributed by atoms with Crippen LogP contribution in [-0.2, 0) is 11.2 Å². The normalized spacial score (nSPS) is 15.7. The van der Waals surface area contributed by atoms with Crippen LogP contribution in [0, 0.1) is 0 Å². The van der Waals surface area contributed by atoms with Crippen molar-refractivity contribution < 1.29 is 4.79 Å². The fraction of sp³-hybridized carbons (Fsp3) is 0.273. The predicted octanol–water partition coefficient (Wildman–Crippen LogP) is 0.541. The van der Waals surface area contributed by atoms with Gasteiger partial charge in [-0.2, -0.15) is 0 Å². The first-order chi connectivity index (χ1) is 7.13. The van der Waals surface area contributed by atoms with Crippen molar-refractivity contribution in [2.45, 2.75) is 6.42 Å². The Morgan fingerprint density at radius 1 is 1.53 bits per heavy atom. The molecule has 1 heterocycles. The standard InChI is InChI=1S/C11H13N3O/c1-13-11(12)7-3-4-9-8(5-7)6-10(15)14(9)2/h3-5H,6H2,1-2H3,(H2,12,13). The highest BCUT2D eigenvalue weighted by atomic mass is 16.2. The average molecular weight is 203 g/mol. The van der Waals surface area contributed by atoms with Crippen LogP contribution in [0.5, 0.6) is 0 Å². The van der Waals surface area contributed by atoms with Gasteiger partial charge in [0.25, 0.3) is 0 Å². The van der Waals surface area contributed by atoms with Gasteiger partial charge < -0.3 is 10.6 Å². The molecule has 1 aromatic rings.